The minimum absolute atomic E-state index is 0.146. The van der Waals surface area contributed by atoms with Crippen LogP contribution in [0.15, 0.2) is 54.6 Å². The Morgan fingerprint density at radius 1 is 1.15 bits per heavy atom. The van der Waals surface area contributed by atoms with Crippen LogP contribution in [-0.4, -0.2) is 52.1 Å². The summed E-state index contributed by atoms with van der Waals surface area (Å²) in [5, 5.41) is 24.4. The molecule has 33 heavy (non-hydrogen) atoms. The van der Waals surface area contributed by atoms with E-state index in [1.165, 1.54) is 11.1 Å². The van der Waals surface area contributed by atoms with Gasteiger partial charge in [-0.3, -0.25) is 0 Å². The summed E-state index contributed by atoms with van der Waals surface area (Å²) in [5.74, 6) is 0.689. The zero-order chi connectivity index (χ0) is 22.8. The van der Waals surface area contributed by atoms with Crippen LogP contribution in [0.3, 0.4) is 0 Å². The van der Waals surface area contributed by atoms with E-state index < -0.39 is 11.2 Å². The van der Waals surface area contributed by atoms with Crippen molar-refractivity contribution in [2.45, 2.75) is 68.3 Å². The fraction of sp³-hybridized carbons (Fsp3) is 0.517. The topological polar surface area (TPSA) is 52.9 Å². The quantitative estimate of drug-likeness (QED) is 0.713. The molecule has 4 aliphatic carbocycles. The first kappa shape index (κ1) is 20.3. The van der Waals surface area contributed by atoms with Crippen LogP contribution in [0.2, 0.25) is 0 Å². The van der Waals surface area contributed by atoms with E-state index in [0.29, 0.717) is 12.5 Å². The van der Waals surface area contributed by atoms with Gasteiger partial charge in [-0.05, 0) is 63.4 Å². The maximum Gasteiger partial charge on any atom is 0.142 e. The average Bonchev–Trinajstić information content (AvgIpc) is 3.16. The fourth-order valence-electron chi connectivity index (χ4n) is 8.75. The van der Waals surface area contributed by atoms with Gasteiger partial charge in [-0.1, -0.05) is 54.6 Å². The molecule has 0 unspecified atom stereocenters. The third-order valence-corrected chi connectivity index (χ3v) is 10.1. The number of ether oxygens (including phenoxy) is 1. The van der Waals surface area contributed by atoms with Gasteiger partial charge in [-0.2, -0.15) is 0 Å². The lowest BCUT2D eigenvalue weighted by atomic mass is 9.36. The molecule has 1 saturated carbocycles. The largest absolute Gasteiger partial charge is 0.485 e. The Balaban J connectivity index is 1.43. The molecule has 2 fully saturated rings. The monoisotopic (exact) mass is 443 g/mol. The van der Waals surface area contributed by atoms with Crippen molar-refractivity contribution in [2.75, 3.05) is 13.6 Å². The van der Waals surface area contributed by atoms with Gasteiger partial charge < -0.3 is 19.8 Å². The minimum Gasteiger partial charge on any atom is -0.485 e. The van der Waals surface area contributed by atoms with Gasteiger partial charge in [0.2, 0.25) is 0 Å². The number of aliphatic hydroxyl groups is 2. The smallest absolute Gasteiger partial charge is 0.142 e. The number of nitrogens with zero attached hydrogens (tertiary/aromatic N) is 1. The van der Waals surface area contributed by atoms with Crippen molar-refractivity contribution in [3.63, 3.8) is 0 Å². The molecular formula is C29H33NO3. The van der Waals surface area contributed by atoms with E-state index >= 15 is 0 Å². The molecule has 1 saturated heterocycles. The number of likely N-dealkylation sites (tertiary alicyclic amines) is 1. The lowest BCUT2D eigenvalue weighted by Crippen LogP contribution is -2.80. The number of hydrogen-bond donors (Lipinski definition) is 2. The van der Waals surface area contributed by atoms with Gasteiger partial charge in [0.05, 0.1) is 11.0 Å². The van der Waals surface area contributed by atoms with Gasteiger partial charge in [0.1, 0.15) is 17.5 Å². The van der Waals surface area contributed by atoms with Gasteiger partial charge in [0.15, 0.2) is 0 Å². The van der Waals surface area contributed by atoms with E-state index in [4.69, 9.17) is 4.74 Å². The summed E-state index contributed by atoms with van der Waals surface area (Å²) >= 11 is 0. The van der Waals surface area contributed by atoms with Gasteiger partial charge >= 0.3 is 0 Å². The van der Waals surface area contributed by atoms with E-state index in [1.54, 1.807) is 0 Å². The number of aryl methyl sites for hydroxylation is 1. The molecular weight excluding hydrogens is 410 g/mol. The number of fused-ring (bicyclic) bond motifs is 1. The van der Waals surface area contributed by atoms with E-state index in [0.717, 1.165) is 42.7 Å². The maximum absolute atomic E-state index is 12.4. The zero-order valence-electron chi connectivity index (χ0n) is 19.7. The number of benzene rings is 2. The fourth-order valence-corrected chi connectivity index (χ4v) is 8.75. The highest BCUT2D eigenvalue weighted by molar-refractivity contribution is 5.63. The highest BCUT2D eigenvalue weighted by Crippen LogP contribution is 2.74. The Morgan fingerprint density at radius 2 is 1.94 bits per heavy atom. The normalized spacial score (nSPS) is 41.4. The van der Waals surface area contributed by atoms with Crippen molar-refractivity contribution in [3.05, 3.63) is 76.9 Å². The number of rotatable bonds is 3. The molecule has 0 radical (unpaired) electrons. The van der Waals surface area contributed by atoms with Gasteiger partial charge in [0.25, 0.3) is 0 Å². The third-order valence-electron chi connectivity index (χ3n) is 10.1. The van der Waals surface area contributed by atoms with Crippen LogP contribution >= 0.6 is 0 Å². The Morgan fingerprint density at radius 3 is 2.73 bits per heavy atom. The second-order valence-corrected chi connectivity index (χ2v) is 11.7. The average molecular weight is 444 g/mol. The zero-order valence-corrected chi connectivity index (χ0v) is 19.7. The van der Waals surface area contributed by atoms with Crippen LogP contribution in [0.1, 0.15) is 42.0 Å². The van der Waals surface area contributed by atoms with Crippen molar-refractivity contribution in [1.82, 2.24) is 4.90 Å². The summed E-state index contributed by atoms with van der Waals surface area (Å²) in [6.07, 6.45) is 7.26. The molecule has 2 aromatic carbocycles. The summed E-state index contributed by atoms with van der Waals surface area (Å²) in [4.78, 5) is 2.52. The van der Waals surface area contributed by atoms with Crippen molar-refractivity contribution >= 4 is 0 Å². The van der Waals surface area contributed by atoms with Gasteiger partial charge in [-0.25, -0.2) is 0 Å². The first-order valence-electron chi connectivity index (χ1n) is 12.4. The molecule has 2 spiro atoms. The summed E-state index contributed by atoms with van der Waals surface area (Å²) < 4.78 is 6.82. The number of piperidine rings is 1. The Bertz CT molecular complexity index is 1190. The molecule has 2 aromatic rings. The van der Waals surface area contributed by atoms with E-state index in [2.05, 4.69) is 49.2 Å². The van der Waals surface area contributed by atoms with E-state index in [1.807, 2.05) is 31.2 Å². The van der Waals surface area contributed by atoms with Crippen molar-refractivity contribution in [2.24, 2.45) is 11.3 Å². The van der Waals surface area contributed by atoms with Crippen LogP contribution in [0.25, 0.3) is 0 Å². The van der Waals surface area contributed by atoms with Crippen LogP contribution < -0.4 is 4.74 Å². The van der Waals surface area contributed by atoms with Gasteiger partial charge in [0, 0.05) is 29.4 Å². The molecule has 8 rings (SSSR count). The Hall–Kier alpha value is -2.14. The molecule has 0 aromatic heterocycles. The van der Waals surface area contributed by atoms with Crippen LogP contribution in [0.5, 0.6) is 5.75 Å². The molecule has 6 aliphatic rings. The second kappa shape index (κ2) is 6.10. The van der Waals surface area contributed by atoms with E-state index in [-0.39, 0.29) is 22.9 Å². The van der Waals surface area contributed by atoms with Crippen LogP contribution in [-0.2, 0) is 18.3 Å². The highest BCUT2D eigenvalue weighted by Gasteiger charge is 2.79. The molecule has 4 nitrogen and oxygen atoms in total. The summed E-state index contributed by atoms with van der Waals surface area (Å²) in [6, 6.07) is 15.0. The van der Waals surface area contributed by atoms with Crippen LogP contribution in [0.4, 0.5) is 0 Å². The van der Waals surface area contributed by atoms with Crippen molar-refractivity contribution in [1.29, 1.82) is 0 Å². The van der Waals surface area contributed by atoms with Gasteiger partial charge in [-0.15, -0.1) is 0 Å². The second-order valence-electron chi connectivity index (χ2n) is 11.7. The molecule has 4 heteroatoms. The molecule has 0 amide bonds. The summed E-state index contributed by atoms with van der Waals surface area (Å²) in [5.41, 5.74) is 2.36. The molecule has 172 valence electrons. The van der Waals surface area contributed by atoms with Crippen molar-refractivity contribution < 1.29 is 14.9 Å². The maximum atomic E-state index is 12.4. The first-order chi connectivity index (χ1) is 15.7. The number of likely N-dealkylation sites (N-methyl/N-ethyl adjacent to an activating group) is 1. The molecule has 2 heterocycles. The summed E-state index contributed by atoms with van der Waals surface area (Å²) in [6.45, 7) is 5.05. The minimum atomic E-state index is -1.21. The third kappa shape index (κ3) is 2.19. The highest BCUT2D eigenvalue weighted by atomic mass is 16.5. The van der Waals surface area contributed by atoms with E-state index in [9.17, 15) is 10.2 Å². The number of hydrogen-bond acceptors (Lipinski definition) is 4. The lowest BCUT2D eigenvalue weighted by Gasteiger charge is -2.71. The lowest BCUT2D eigenvalue weighted by molar-refractivity contribution is -0.237. The molecule has 7 atom stereocenters. The Kier molecular flexibility index (Phi) is 3.74. The summed E-state index contributed by atoms with van der Waals surface area (Å²) in [7, 11) is 2.25. The predicted molar refractivity (Wildman–Crippen MR) is 127 cm³/mol. The van der Waals surface area contributed by atoms with Crippen LogP contribution in [0, 0.1) is 18.3 Å². The molecule has 4 bridgehead atoms. The SMILES string of the molecule is Cc1ccc2c3c1O[C@H]1[C@@]4(O)C=C[C@@]5(C[C@@H]4[C@@](C)(O)Cc4ccccc4)[C@@H](C2)N(C)CC[C@]315. The molecule has 2 N–H and O–H groups in total. The molecule has 2 aliphatic heterocycles. The van der Waals surface area contributed by atoms with Crippen molar-refractivity contribution in [3.8, 4) is 5.75 Å². The first-order valence-corrected chi connectivity index (χ1v) is 12.4. The predicted octanol–water partition coefficient (Wildman–Crippen LogP) is 3.55. The Labute approximate surface area is 195 Å². The standard InChI is InChI=1S/C29H33NO3/c1-18-9-10-20-15-22-27-11-12-29(32,21(17-27)26(2,31)16-19-7-5-4-6-8-19)25-28(27,13-14-30(22)3)23(20)24(18)33-25/h4-12,21-22,25,31-32H,13-17H2,1-3H3/t21-,22-,25-,26+,27-,28+,29-/m1/s1.